The number of aromatic nitrogens is 5. The fourth-order valence-corrected chi connectivity index (χ4v) is 2.36. The molecule has 3 aromatic heterocycles. The average Bonchev–Trinajstić information content (AvgIpc) is 2.77. The lowest BCUT2D eigenvalue weighted by molar-refractivity contribution is 0.367. The van der Waals surface area contributed by atoms with Gasteiger partial charge in [-0.05, 0) is 33.8 Å². The Balaban J connectivity index is 2.48. The predicted molar refractivity (Wildman–Crippen MR) is 75.9 cm³/mol. The monoisotopic (exact) mass is 258 g/mol. The predicted octanol–water partition coefficient (Wildman–Crippen LogP) is 1.96. The highest BCUT2D eigenvalue weighted by Crippen LogP contribution is 2.28. The first-order chi connectivity index (χ1) is 8.79. The van der Waals surface area contributed by atoms with E-state index in [0.29, 0.717) is 5.82 Å². The molecule has 0 saturated heterocycles. The van der Waals surface area contributed by atoms with Gasteiger partial charge >= 0.3 is 0 Å². The number of nitrogens with zero attached hydrogens (tertiary/aromatic N) is 5. The summed E-state index contributed by atoms with van der Waals surface area (Å²) >= 11 is 0. The van der Waals surface area contributed by atoms with Crippen molar-refractivity contribution in [3.8, 4) is 0 Å². The molecule has 0 spiro atoms. The smallest absolute Gasteiger partial charge is 0.163 e. The lowest BCUT2D eigenvalue weighted by Gasteiger charge is -2.19. The van der Waals surface area contributed by atoms with Crippen LogP contribution in [0.1, 0.15) is 26.5 Å². The van der Waals surface area contributed by atoms with Gasteiger partial charge in [0, 0.05) is 12.4 Å². The van der Waals surface area contributed by atoms with E-state index >= 15 is 0 Å². The third kappa shape index (κ3) is 1.59. The van der Waals surface area contributed by atoms with E-state index in [1.807, 2.05) is 24.7 Å². The highest BCUT2D eigenvalue weighted by Gasteiger charge is 2.22. The summed E-state index contributed by atoms with van der Waals surface area (Å²) in [4.78, 5) is 4.71. The molecule has 6 nitrogen and oxygen atoms in total. The molecule has 0 bridgehead atoms. The van der Waals surface area contributed by atoms with Crippen LogP contribution in [0.2, 0.25) is 0 Å². The third-order valence-corrected chi connectivity index (χ3v) is 3.30. The number of fused-ring (bicyclic) bond motifs is 2. The van der Waals surface area contributed by atoms with E-state index in [2.05, 4.69) is 31.0 Å². The van der Waals surface area contributed by atoms with Gasteiger partial charge < -0.3 is 5.73 Å². The molecule has 0 fully saturated rings. The van der Waals surface area contributed by atoms with Crippen LogP contribution in [0.4, 0.5) is 5.82 Å². The summed E-state index contributed by atoms with van der Waals surface area (Å²) in [6, 6.07) is 2.03. The molecule has 0 aliphatic rings. The van der Waals surface area contributed by atoms with E-state index in [9.17, 15) is 0 Å². The molecule has 3 heterocycles. The first-order valence-electron chi connectivity index (χ1n) is 6.28. The molecule has 2 N–H and O–H groups in total. The molecule has 0 atom stereocenters. The zero-order valence-corrected chi connectivity index (χ0v) is 11.9. The number of hydrogen-bond acceptors (Lipinski definition) is 4. The molecule has 0 aromatic carbocycles. The SMILES string of the molecule is Cc1nn(C)c2nc3c(cc12)c(N)nn3C(C)(C)C. The van der Waals surface area contributed by atoms with Crippen LogP contribution in [0.25, 0.3) is 22.1 Å². The Hall–Kier alpha value is -2.11. The van der Waals surface area contributed by atoms with Gasteiger partial charge in [0.15, 0.2) is 17.1 Å². The van der Waals surface area contributed by atoms with E-state index in [4.69, 9.17) is 10.7 Å². The topological polar surface area (TPSA) is 74.6 Å². The molecular weight excluding hydrogens is 240 g/mol. The minimum Gasteiger partial charge on any atom is -0.382 e. The molecule has 3 rings (SSSR count). The number of rotatable bonds is 0. The Bertz CT molecular complexity index is 787. The van der Waals surface area contributed by atoms with E-state index in [1.165, 1.54) is 0 Å². The van der Waals surface area contributed by atoms with Crippen LogP contribution in [-0.2, 0) is 12.6 Å². The van der Waals surface area contributed by atoms with E-state index in [-0.39, 0.29) is 5.54 Å². The summed E-state index contributed by atoms with van der Waals surface area (Å²) in [6.45, 7) is 8.22. The number of pyridine rings is 1. The van der Waals surface area contributed by atoms with Gasteiger partial charge in [-0.25, -0.2) is 9.67 Å². The standard InChI is InChI=1S/C13H18N6/c1-7-8-6-9-10(14)17-19(13(2,3)4)12(9)15-11(8)18(5)16-7/h6H,1-5H3,(H2,14,17). The van der Waals surface area contributed by atoms with Gasteiger partial charge in [0.1, 0.15) is 0 Å². The number of aryl methyl sites for hydroxylation is 2. The van der Waals surface area contributed by atoms with Crippen molar-refractivity contribution in [3.05, 3.63) is 11.8 Å². The van der Waals surface area contributed by atoms with Crippen LogP contribution >= 0.6 is 0 Å². The maximum absolute atomic E-state index is 6.02. The van der Waals surface area contributed by atoms with Crippen LogP contribution in [0.3, 0.4) is 0 Å². The maximum atomic E-state index is 6.02. The number of anilines is 1. The molecule has 19 heavy (non-hydrogen) atoms. The van der Waals surface area contributed by atoms with Crippen LogP contribution in [0, 0.1) is 6.92 Å². The van der Waals surface area contributed by atoms with Gasteiger partial charge in [-0.3, -0.25) is 4.68 Å². The fourth-order valence-electron chi connectivity index (χ4n) is 2.36. The molecule has 0 amide bonds. The summed E-state index contributed by atoms with van der Waals surface area (Å²) in [5.74, 6) is 0.516. The molecule has 0 unspecified atom stereocenters. The molecule has 0 aliphatic heterocycles. The summed E-state index contributed by atoms with van der Waals surface area (Å²) in [5, 5.41) is 10.7. The number of nitrogen functional groups attached to an aromatic ring is 1. The van der Waals surface area contributed by atoms with Crippen molar-refractivity contribution in [3.63, 3.8) is 0 Å². The molecule has 0 aliphatic carbocycles. The zero-order valence-electron chi connectivity index (χ0n) is 11.9. The van der Waals surface area contributed by atoms with Gasteiger partial charge in [-0.1, -0.05) is 0 Å². The summed E-state index contributed by atoms with van der Waals surface area (Å²) in [5.41, 5.74) is 8.48. The minimum atomic E-state index is -0.163. The van der Waals surface area contributed by atoms with Crippen LogP contribution in [0.15, 0.2) is 6.07 Å². The lowest BCUT2D eigenvalue weighted by atomic mass is 10.1. The molecule has 100 valence electrons. The van der Waals surface area contributed by atoms with Crippen LogP contribution < -0.4 is 5.73 Å². The van der Waals surface area contributed by atoms with E-state index in [1.54, 1.807) is 4.68 Å². The first kappa shape index (κ1) is 12.0. The van der Waals surface area contributed by atoms with Crippen LogP contribution in [0.5, 0.6) is 0 Å². The zero-order chi connectivity index (χ0) is 13.9. The largest absolute Gasteiger partial charge is 0.382 e. The Kier molecular flexibility index (Phi) is 2.18. The number of nitrogens with two attached hydrogens (primary N) is 1. The fraction of sp³-hybridized carbons (Fsp3) is 0.462. The Morgan fingerprint density at radius 3 is 2.42 bits per heavy atom. The van der Waals surface area contributed by atoms with Gasteiger partial charge in [-0.2, -0.15) is 10.2 Å². The highest BCUT2D eigenvalue weighted by molar-refractivity contribution is 5.96. The minimum absolute atomic E-state index is 0.163. The maximum Gasteiger partial charge on any atom is 0.163 e. The quantitative estimate of drug-likeness (QED) is 0.669. The molecule has 0 radical (unpaired) electrons. The van der Waals surface area contributed by atoms with Gasteiger partial charge in [0.25, 0.3) is 0 Å². The van der Waals surface area contributed by atoms with Crippen molar-refractivity contribution >= 4 is 27.9 Å². The lowest BCUT2D eigenvalue weighted by Crippen LogP contribution is -2.23. The summed E-state index contributed by atoms with van der Waals surface area (Å²) in [6.07, 6.45) is 0. The van der Waals surface area contributed by atoms with Crippen molar-refractivity contribution in [2.24, 2.45) is 7.05 Å². The second-order valence-corrected chi connectivity index (χ2v) is 5.91. The highest BCUT2D eigenvalue weighted by atomic mass is 15.4. The summed E-state index contributed by atoms with van der Waals surface area (Å²) < 4.78 is 3.67. The normalized spacial score (nSPS) is 12.7. The molecule has 0 saturated carbocycles. The Morgan fingerprint density at radius 2 is 1.79 bits per heavy atom. The van der Waals surface area contributed by atoms with Gasteiger partial charge in [0.05, 0.1) is 16.6 Å². The van der Waals surface area contributed by atoms with E-state index < -0.39 is 0 Å². The van der Waals surface area contributed by atoms with Crippen LogP contribution in [-0.4, -0.2) is 24.5 Å². The average molecular weight is 258 g/mol. The Labute approximate surface area is 111 Å². The Morgan fingerprint density at radius 1 is 1.11 bits per heavy atom. The van der Waals surface area contributed by atoms with Gasteiger partial charge in [-0.15, -0.1) is 0 Å². The first-order valence-corrected chi connectivity index (χ1v) is 6.28. The number of hydrogen-bond donors (Lipinski definition) is 1. The molecule has 6 heteroatoms. The second-order valence-electron chi connectivity index (χ2n) is 5.91. The van der Waals surface area contributed by atoms with E-state index in [0.717, 1.165) is 27.8 Å². The third-order valence-electron chi connectivity index (χ3n) is 3.30. The van der Waals surface area contributed by atoms with Crippen molar-refractivity contribution in [1.29, 1.82) is 0 Å². The molecule has 3 aromatic rings. The van der Waals surface area contributed by atoms with Crippen molar-refractivity contribution in [2.75, 3.05) is 5.73 Å². The van der Waals surface area contributed by atoms with Gasteiger partial charge in [0.2, 0.25) is 0 Å². The van der Waals surface area contributed by atoms with Crippen molar-refractivity contribution in [1.82, 2.24) is 24.5 Å². The van der Waals surface area contributed by atoms with Crippen molar-refractivity contribution < 1.29 is 0 Å². The second kappa shape index (κ2) is 3.46. The molecular formula is C13H18N6. The summed E-state index contributed by atoms with van der Waals surface area (Å²) in [7, 11) is 1.90. The van der Waals surface area contributed by atoms with Crippen molar-refractivity contribution in [2.45, 2.75) is 33.2 Å².